The van der Waals surface area contributed by atoms with Crippen molar-refractivity contribution in [2.24, 2.45) is 0 Å². The van der Waals surface area contributed by atoms with Crippen LogP contribution in [0.25, 0.3) is 16.6 Å². The highest BCUT2D eigenvalue weighted by Crippen LogP contribution is 2.50. The molecule has 4 rings (SSSR count). The van der Waals surface area contributed by atoms with E-state index in [-0.39, 0.29) is 23.3 Å². The highest BCUT2D eigenvalue weighted by molar-refractivity contribution is 5.80. The minimum absolute atomic E-state index is 0.0754. The maximum atomic E-state index is 13.6. The Morgan fingerprint density at radius 2 is 1.44 bits per heavy atom. The average molecular weight is 506 g/mol. The number of aliphatic hydroxyl groups is 1. The van der Waals surface area contributed by atoms with Crippen LogP contribution in [-0.4, -0.2) is 27.0 Å². The highest BCUT2D eigenvalue weighted by Gasteiger charge is 2.71. The van der Waals surface area contributed by atoms with Crippen LogP contribution in [0.4, 0.5) is 26.3 Å². The molecule has 1 N–H and O–H groups in total. The molecular formula is C26H20F6N2O2. The summed E-state index contributed by atoms with van der Waals surface area (Å²) in [6.45, 7) is 3.60. The monoisotopic (exact) mass is 506 g/mol. The van der Waals surface area contributed by atoms with Gasteiger partial charge in [0, 0.05) is 12.0 Å². The van der Waals surface area contributed by atoms with E-state index in [0.717, 1.165) is 27.3 Å². The second-order valence-corrected chi connectivity index (χ2v) is 8.54. The Hall–Kier alpha value is -3.66. The molecule has 188 valence electrons. The van der Waals surface area contributed by atoms with Gasteiger partial charge in [0.2, 0.25) is 0 Å². The Morgan fingerprint density at radius 1 is 0.833 bits per heavy atom. The lowest BCUT2D eigenvalue weighted by molar-refractivity contribution is -0.376. The molecule has 4 nitrogen and oxygen atoms in total. The second kappa shape index (κ2) is 8.77. The molecule has 0 unspecified atom stereocenters. The zero-order chi connectivity index (χ0) is 26.5. The van der Waals surface area contributed by atoms with Crippen molar-refractivity contribution in [1.82, 2.24) is 9.55 Å². The predicted octanol–water partition coefficient (Wildman–Crippen LogP) is 5.91. The summed E-state index contributed by atoms with van der Waals surface area (Å²) in [5, 5.41) is 10.0. The van der Waals surface area contributed by atoms with Crippen LogP contribution in [0.1, 0.15) is 28.1 Å². The van der Waals surface area contributed by atoms with Gasteiger partial charge in [-0.3, -0.25) is 9.36 Å². The van der Waals surface area contributed by atoms with Gasteiger partial charge < -0.3 is 5.11 Å². The van der Waals surface area contributed by atoms with Crippen LogP contribution in [0.2, 0.25) is 0 Å². The fraction of sp³-hybridized carbons (Fsp3) is 0.231. The largest absolute Gasteiger partial charge is 0.430 e. The van der Waals surface area contributed by atoms with Crippen LogP contribution in [0, 0.1) is 13.8 Å². The molecule has 0 saturated heterocycles. The quantitative estimate of drug-likeness (QED) is 0.351. The number of benzene rings is 3. The second-order valence-electron chi connectivity index (χ2n) is 8.54. The fourth-order valence-corrected chi connectivity index (χ4v) is 4.01. The molecule has 0 aliphatic rings. The van der Waals surface area contributed by atoms with Gasteiger partial charge in [-0.2, -0.15) is 26.3 Å². The standard InChI is InChI=1S/C26H20F6N2O2/c1-15-11-20-21(12-16(15)2)33-22(13-17-7-4-3-5-8-17)34(23(20)35)19-10-6-9-18(14-19)24(36,25(27,28)29)26(30,31)32/h3-12,14,36H,13H2,1-2H3. The number of hydrogen-bond donors (Lipinski definition) is 1. The molecule has 1 aromatic heterocycles. The van der Waals surface area contributed by atoms with Crippen molar-refractivity contribution in [2.45, 2.75) is 38.2 Å². The van der Waals surface area contributed by atoms with Crippen LogP contribution < -0.4 is 5.56 Å². The molecule has 0 bridgehead atoms. The van der Waals surface area contributed by atoms with E-state index in [2.05, 4.69) is 4.98 Å². The summed E-state index contributed by atoms with van der Waals surface area (Å²) >= 11 is 0. The Labute approximate surface area is 201 Å². The molecule has 0 fully saturated rings. The number of aryl methyl sites for hydroxylation is 2. The smallest absolute Gasteiger partial charge is 0.369 e. The van der Waals surface area contributed by atoms with E-state index >= 15 is 0 Å². The van der Waals surface area contributed by atoms with Crippen molar-refractivity contribution in [3.63, 3.8) is 0 Å². The molecule has 3 aromatic carbocycles. The summed E-state index contributed by atoms with van der Waals surface area (Å²) in [5.74, 6) is 0.113. The van der Waals surface area contributed by atoms with Gasteiger partial charge in [-0.05, 0) is 54.8 Å². The van der Waals surface area contributed by atoms with Gasteiger partial charge in [0.05, 0.1) is 16.6 Å². The van der Waals surface area contributed by atoms with Crippen LogP contribution in [0.15, 0.2) is 71.5 Å². The van der Waals surface area contributed by atoms with Crippen LogP contribution in [-0.2, 0) is 12.0 Å². The third-order valence-corrected chi connectivity index (χ3v) is 6.10. The molecule has 10 heteroatoms. The number of hydrogen-bond acceptors (Lipinski definition) is 3. The molecular weight excluding hydrogens is 486 g/mol. The Morgan fingerprint density at radius 3 is 2.06 bits per heavy atom. The van der Waals surface area contributed by atoms with Crippen LogP contribution in [0.5, 0.6) is 0 Å². The average Bonchev–Trinajstić information content (AvgIpc) is 2.79. The third-order valence-electron chi connectivity index (χ3n) is 6.10. The minimum Gasteiger partial charge on any atom is -0.369 e. The maximum Gasteiger partial charge on any atom is 0.430 e. The number of rotatable bonds is 4. The normalized spacial score (nSPS) is 12.8. The van der Waals surface area contributed by atoms with Gasteiger partial charge >= 0.3 is 12.4 Å². The van der Waals surface area contributed by atoms with Gasteiger partial charge in [-0.15, -0.1) is 0 Å². The van der Waals surface area contributed by atoms with Crippen molar-refractivity contribution >= 4 is 10.9 Å². The van der Waals surface area contributed by atoms with E-state index in [1.54, 1.807) is 49.4 Å². The summed E-state index contributed by atoms with van der Waals surface area (Å²) in [7, 11) is 0. The number of nitrogens with zero attached hydrogens (tertiary/aromatic N) is 2. The van der Waals surface area contributed by atoms with E-state index < -0.39 is 29.1 Å². The Bertz CT molecular complexity index is 1480. The van der Waals surface area contributed by atoms with E-state index in [1.165, 1.54) is 6.07 Å². The van der Waals surface area contributed by atoms with Crippen molar-refractivity contribution in [3.8, 4) is 5.69 Å². The van der Waals surface area contributed by atoms with Crippen molar-refractivity contribution in [2.75, 3.05) is 0 Å². The lowest BCUT2D eigenvalue weighted by Gasteiger charge is -2.33. The summed E-state index contributed by atoms with van der Waals surface area (Å²) in [6.07, 6.45) is -12.0. The van der Waals surface area contributed by atoms with Crippen molar-refractivity contribution in [1.29, 1.82) is 0 Å². The first-order chi connectivity index (χ1) is 16.7. The Balaban J connectivity index is 2.02. The minimum atomic E-state index is -6.06. The molecule has 0 radical (unpaired) electrons. The predicted molar refractivity (Wildman–Crippen MR) is 122 cm³/mol. The summed E-state index contributed by atoms with van der Waals surface area (Å²) < 4.78 is 82.0. The molecule has 1 heterocycles. The zero-order valence-corrected chi connectivity index (χ0v) is 19.1. The molecule has 0 saturated carbocycles. The lowest BCUT2D eigenvalue weighted by atomic mass is 9.92. The van der Waals surface area contributed by atoms with Gasteiger partial charge in [0.15, 0.2) is 0 Å². The summed E-state index contributed by atoms with van der Waals surface area (Å²) in [4.78, 5) is 18.1. The first-order valence-electron chi connectivity index (χ1n) is 10.8. The number of aromatic nitrogens is 2. The van der Waals surface area contributed by atoms with E-state index in [9.17, 15) is 36.2 Å². The van der Waals surface area contributed by atoms with E-state index in [4.69, 9.17) is 0 Å². The molecule has 0 atom stereocenters. The molecule has 0 aliphatic heterocycles. The molecule has 36 heavy (non-hydrogen) atoms. The topological polar surface area (TPSA) is 55.1 Å². The maximum absolute atomic E-state index is 13.6. The molecule has 0 amide bonds. The molecule has 0 spiro atoms. The van der Waals surface area contributed by atoms with E-state index in [1.807, 2.05) is 6.92 Å². The highest BCUT2D eigenvalue weighted by atomic mass is 19.4. The van der Waals surface area contributed by atoms with Gasteiger partial charge in [-0.25, -0.2) is 4.98 Å². The SMILES string of the molecule is Cc1cc2nc(Cc3ccccc3)n(-c3cccc(C(O)(C(F)(F)F)C(F)(F)F)c3)c(=O)c2cc1C. The van der Waals surface area contributed by atoms with Gasteiger partial charge in [-0.1, -0.05) is 42.5 Å². The molecule has 4 aromatic rings. The van der Waals surface area contributed by atoms with Gasteiger partial charge in [0.1, 0.15) is 5.82 Å². The number of alkyl halides is 6. The Kier molecular flexibility index (Phi) is 6.20. The fourth-order valence-electron chi connectivity index (χ4n) is 4.01. The molecule has 0 aliphatic carbocycles. The van der Waals surface area contributed by atoms with Crippen molar-refractivity contribution in [3.05, 3.63) is 105 Å². The summed E-state index contributed by atoms with van der Waals surface area (Å²) in [6, 6.07) is 15.2. The number of fused-ring (bicyclic) bond motifs is 1. The van der Waals surface area contributed by atoms with Crippen LogP contribution >= 0.6 is 0 Å². The third kappa shape index (κ3) is 4.26. The van der Waals surface area contributed by atoms with Gasteiger partial charge in [0.25, 0.3) is 11.2 Å². The number of halogens is 6. The summed E-state index contributed by atoms with van der Waals surface area (Å²) in [5.41, 5.74) is -4.84. The first-order valence-corrected chi connectivity index (χ1v) is 10.8. The first kappa shape index (κ1) is 25.4. The lowest BCUT2D eigenvalue weighted by Crippen LogP contribution is -2.54. The zero-order valence-electron chi connectivity index (χ0n) is 19.1. The van der Waals surface area contributed by atoms with E-state index in [0.29, 0.717) is 17.6 Å². The van der Waals surface area contributed by atoms with Crippen LogP contribution in [0.3, 0.4) is 0 Å². The van der Waals surface area contributed by atoms with Crippen molar-refractivity contribution < 1.29 is 31.4 Å².